The summed E-state index contributed by atoms with van der Waals surface area (Å²) in [6, 6.07) is 1.99. The number of carbonyl (C=O) groups is 1. The summed E-state index contributed by atoms with van der Waals surface area (Å²) >= 11 is 0. The molecule has 6 heteroatoms. The predicted molar refractivity (Wildman–Crippen MR) is 83.0 cm³/mol. The third-order valence-corrected chi connectivity index (χ3v) is 4.11. The summed E-state index contributed by atoms with van der Waals surface area (Å²) in [7, 11) is 0. The SMILES string of the molecule is CCC(=O)N1CCC(Cc2cc(-c3ncc(C)[nH]3)ncn2)C1. The smallest absolute Gasteiger partial charge is 0.222 e. The van der Waals surface area contributed by atoms with Gasteiger partial charge in [0.15, 0.2) is 5.82 Å². The van der Waals surface area contributed by atoms with Crippen molar-refractivity contribution in [1.82, 2.24) is 24.8 Å². The van der Waals surface area contributed by atoms with Crippen molar-refractivity contribution in [2.45, 2.75) is 33.1 Å². The van der Waals surface area contributed by atoms with Crippen molar-refractivity contribution in [2.75, 3.05) is 13.1 Å². The molecule has 0 aromatic carbocycles. The van der Waals surface area contributed by atoms with Crippen molar-refractivity contribution in [2.24, 2.45) is 5.92 Å². The van der Waals surface area contributed by atoms with E-state index in [2.05, 4.69) is 19.9 Å². The highest BCUT2D eigenvalue weighted by Gasteiger charge is 2.25. The summed E-state index contributed by atoms with van der Waals surface area (Å²) in [6.45, 7) is 5.59. The van der Waals surface area contributed by atoms with E-state index in [1.165, 1.54) is 0 Å². The average Bonchev–Trinajstić information content (AvgIpc) is 3.16. The van der Waals surface area contributed by atoms with Crippen LogP contribution in [0.1, 0.15) is 31.2 Å². The first-order valence-electron chi connectivity index (χ1n) is 7.76. The molecular formula is C16H21N5O. The number of likely N-dealkylation sites (tertiary alicyclic amines) is 1. The normalized spacial score (nSPS) is 17.9. The van der Waals surface area contributed by atoms with Crippen LogP contribution in [0.4, 0.5) is 0 Å². The number of nitrogens with zero attached hydrogens (tertiary/aromatic N) is 4. The molecule has 1 aliphatic rings. The lowest BCUT2D eigenvalue weighted by molar-refractivity contribution is -0.129. The van der Waals surface area contributed by atoms with Crippen molar-refractivity contribution in [1.29, 1.82) is 0 Å². The number of aromatic amines is 1. The maximum Gasteiger partial charge on any atom is 0.222 e. The molecule has 1 aliphatic heterocycles. The van der Waals surface area contributed by atoms with E-state index in [9.17, 15) is 4.79 Å². The Morgan fingerprint density at radius 2 is 2.27 bits per heavy atom. The number of nitrogens with one attached hydrogen (secondary N) is 1. The van der Waals surface area contributed by atoms with Gasteiger partial charge in [-0.05, 0) is 31.7 Å². The molecule has 1 atom stereocenters. The first kappa shape index (κ1) is 14.7. The Morgan fingerprint density at radius 3 is 3.00 bits per heavy atom. The Labute approximate surface area is 130 Å². The number of amides is 1. The molecule has 0 bridgehead atoms. The molecule has 1 fully saturated rings. The lowest BCUT2D eigenvalue weighted by Crippen LogP contribution is -2.28. The summed E-state index contributed by atoms with van der Waals surface area (Å²) in [5.74, 6) is 1.50. The minimum Gasteiger partial charge on any atom is -0.342 e. The van der Waals surface area contributed by atoms with Crippen LogP contribution < -0.4 is 0 Å². The fourth-order valence-corrected chi connectivity index (χ4v) is 2.93. The molecule has 1 unspecified atom stereocenters. The van der Waals surface area contributed by atoms with Crippen molar-refractivity contribution in [3.8, 4) is 11.5 Å². The minimum absolute atomic E-state index is 0.247. The van der Waals surface area contributed by atoms with E-state index in [4.69, 9.17) is 0 Å². The van der Waals surface area contributed by atoms with Crippen LogP contribution in [-0.4, -0.2) is 43.8 Å². The van der Waals surface area contributed by atoms with E-state index < -0.39 is 0 Å². The van der Waals surface area contributed by atoms with Crippen LogP contribution in [0.2, 0.25) is 0 Å². The molecule has 1 saturated heterocycles. The van der Waals surface area contributed by atoms with Gasteiger partial charge in [0.2, 0.25) is 5.91 Å². The van der Waals surface area contributed by atoms with E-state index in [-0.39, 0.29) is 5.91 Å². The molecule has 0 saturated carbocycles. The Bertz CT molecular complexity index is 666. The Kier molecular flexibility index (Phi) is 4.18. The molecular weight excluding hydrogens is 278 g/mol. The highest BCUT2D eigenvalue weighted by molar-refractivity contribution is 5.76. The predicted octanol–water partition coefficient (Wildman–Crippen LogP) is 1.98. The zero-order valence-electron chi connectivity index (χ0n) is 13.0. The van der Waals surface area contributed by atoms with Crippen molar-refractivity contribution in [3.63, 3.8) is 0 Å². The van der Waals surface area contributed by atoms with Crippen molar-refractivity contribution < 1.29 is 4.79 Å². The van der Waals surface area contributed by atoms with Crippen LogP contribution >= 0.6 is 0 Å². The van der Waals surface area contributed by atoms with Crippen LogP contribution in [0.25, 0.3) is 11.5 Å². The molecule has 2 aromatic heterocycles. The van der Waals surface area contributed by atoms with Gasteiger partial charge in [-0.25, -0.2) is 15.0 Å². The number of hydrogen-bond acceptors (Lipinski definition) is 4. The maximum absolute atomic E-state index is 11.7. The third-order valence-electron chi connectivity index (χ3n) is 4.11. The highest BCUT2D eigenvalue weighted by atomic mass is 16.2. The number of rotatable bonds is 4. The fourth-order valence-electron chi connectivity index (χ4n) is 2.93. The van der Waals surface area contributed by atoms with Gasteiger partial charge in [0, 0.05) is 37.1 Å². The zero-order valence-corrected chi connectivity index (χ0v) is 13.0. The molecule has 22 heavy (non-hydrogen) atoms. The number of aromatic nitrogens is 4. The molecule has 3 heterocycles. The second kappa shape index (κ2) is 6.25. The van der Waals surface area contributed by atoms with Gasteiger partial charge in [-0.2, -0.15) is 0 Å². The highest BCUT2D eigenvalue weighted by Crippen LogP contribution is 2.22. The van der Waals surface area contributed by atoms with Gasteiger partial charge in [0.05, 0.1) is 0 Å². The van der Waals surface area contributed by atoms with Gasteiger partial charge in [-0.15, -0.1) is 0 Å². The second-order valence-electron chi connectivity index (χ2n) is 5.86. The van der Waals surface area contributed by atoms with Gasteiger partial charge in [-0.1, -0.05) is 6.92 Å². The summed E-state index contributed by atoms with van der Waals surface area (Å²) < 4.78 is 0. The minimum atomic E-state index is 0.247. The van der Waals surface area contributed by atoms with E-state index in [1.54, 1.807) is 12.5 Å². The fraction of sp³-hybridized carbons (Fsp3) is 0.500. The van der Waals surface area contributed by atoms with Crippen LogP contribution in [0.5, 0.6) is 0 Å². The van der Waals surface area contributed by atoms with Crippen molar-refractivity contribution in [3.05, 3.63) is 30.0 Å². The van der Waals surface area contributed by atoms with E-state index in [0.717, 1.165) is 48.8 Å². The molecule has 0 spiro atoms. The van der Waals surface area contributed by atoms with Gasteiger partial charge in [0.1, 0.15) is 12.0 Å². The number of carbonyl (C=O) groups excluding carboxylic acids is 1. The number of H-pyrrole nitrogens is 1. The molecule has 3 rings (SSSR count). The topological polar surface area (TPSA) is 74.8 Å². The first-order chi connectivity index (χ1) is 10.7. The molecule has 0 radical (unpaired) electrons. The van der Waals surface area contributed by atoms with Gasteiger partial charge in [-0.3, -0.25) is 4.79 Å². The second-order valence-corrected chi connectivity index (χ2v) is 5.86. The molecule has 2 aromatic rings. The van der Waals surface area contributed by atoms with Gasteiger partial charge in [0.25, 0.3) is 0 Å². The standard InChI is InChI=1S/C16H21N5O/c1-3-15(22)21-5-4-12(9-21)6-13-7-14(19-10-18-13)16-17-8-11(2)20-16/h7-8,10,12H,3-6,9H2,1-2H3,(H,17,20). The molecule has 1 N–H and O–H groups in total. The summed E-state index contributed by atoms with van der Waals surface area (Å²) in [5, 5.41) is 0. The molecule has 0 aliphatic carbocycles. The molecule has 6 nitrogen and oxygen atoms in total. The Balaban J connectivity index is 1.68. The first-order valence-corrected chi connectivity index (χ1v) is 7.76. The summed E-state index contributed by atoms with van der Waals surface area (Å²) in [5.41, 5.74) is 2.84. The monoisotopic (exact) mass is 299 g/mol. The Morgan fingerprint density at radius 1 is 1.41 bits per heavy atom. The average molecular weight is 299 g/mol. The Hall–Kier alpha value is -2.24. The lowest BCUT2D eigenvalue weighted by Gasteiger charge is -2.15. The largest absolute Gasteiger partial charge is 0.342 e. The van der Waals surface area contributed by atoms with Crippen LogP contribution in [0.15, 0.2) is 18.6 Å². The number of aryl methyl sites for hydroxylation is 1. The van der Waals surface area contributed by atoms with Crippen LogP contribution in [-0.2, 0) is 11.2 Å². The van der Waals surface area contributed by atoms with E-state index >= 15 is 0 Å². The summed E-state index contributed by atoms with van der Waals surface area (Å²) in [6.07, 6.45) is 5.89. The molecule has 1 amide bonds. The maximum atomic E-state index is 11.7. The van der Waals surface area contributed by atoms with Gasteiger partial charge < -0.3 is 9.88 Å². The van der Waals surface area contributed by atoms with Gasteiger partial charge >= 0.3 is 0 Å². The van der Waals surface area contributed by atoms with Crippen molar-refractivity contribution >= 4 is 5.91 Å². The molecule has 116 valence electrons. The summed E-state index contributed by atoms with van der Waals surface area (Å²) in [4.78, 5) is 29.9. The lowest BCUT2D eigenvalue weighted by atomic mass is 10.0. The zero-order chi connectivity index (χ0) is 15.5. The van der Waals surface area contributed by atoms with Crippen LogP contribution in [0, 0.1) is 12.8 Å². The van der Waals surface area contributed by atoms with E-state index in [1.807, 2.05) is 24.8 Å². The number of hydrogen-bond donors (Lipinski definition) is 1. The number of imidazole rings is 1. The third kappa shape index (κ3) is 3.16. The van der Waals surface area contributed by atoms with Crippen LogP contribution in [0.3, 0.4) is 0 Å². The quantitative estimate of drug-likeness (QED) is 0.936. The van der Waals surface area contributed by atoms with E-state index in [0.29, 0.717) is 12.3 Å².